The van der Waals surface area contributed by atoms with E-state index in [1.165, 1.54) is 11.6 Å². The van der Waals surface area contributed by atoms with Crippen LogP contribution in [0.25, 0.3) is 6.08 Å². The van der Waals surface area contributed by atoms with E-state index in [-0.39, 0.29) is 11.9 Å². The summed E-state index contributed by atoms with van der Waals surface area (Å²) in [6.45, 7) is 0. The number of hydrogen-bond donors (Lipinski definition) is 1. The molecule has 0 aromatic heterocycles. The van der Waals surface area contributed by atoms with Gasteiger partial charge in [0, 0.05) is 16.6 Å². The Kier molecular flexibility index (Phi) is 3.62. The number of halogens is 2. The van der Waals surface area contributed by atoms with Gasteiger partial charge in [-0.25, -0.2) is 4.39 Å². The first-order valence-corrected chi connectivity index (χ1v) is 5.93. The average Bonchev–Trinajstić information content (AvgIpc) is 2.24. The maximum absolute atomic E-state index is 13.5. The van der Waals surface area contributed by atoms with Crippen LogP contribution < -0.4 is 5.73 Å². The maximum Gasteiger partial charge on any atom is 0.130 e. The van der Waals surface area contributed by atoms with E-state index in [9.17, 15) is 4.39 Å². The van der Waals surface area contributed by atoms with Gasteiger partial charge in [0.1, 0.15) is 5.82 Å². The number of nitrogens with two attached hydrogens (primary N) is 1. The van der Waals surface area contributed by atoms with E-state index >= 15 is 0 Å². The van der Waals surface area contributed by atoms with E-state index in [0.717, 1.165) is 25.7 Å². The molecule has 1 unspecified atom stereocenters. The van der Waals surface area contributed by atoms with Gasteiger partial charge in [-0.2, -0.15) is 0 Å². The van der Waals surface area contributed by atoms with Gasteiger partial charge in [0.2, 0.25) is 0 Å². The largest absolute Gasteiger partial charge is 0.327 e. The Morgan fingerprint density at radius 1 is 1.44 bits per heavy atom. The van der Waals surface area contributed by atoms with Crippen LogP contribution in [0.2, 0.25) is 5.02 Å². The number of benzene rings is 1. The standard InChI is InChI=1S/C13H15ClFN/c14-11-4-5-13(15)10(8-11)6-9-2-1-3-12(16)7-9/h4-6,8,12H,1-3,7,16H2/b9-6-. The van der Waals surface area contributed by atoms with Gasteiger partial charge in [-0.1, -0.05) is 23.3 Å². The van der Waals surface area contributed by atoms with Crippen LogP contribution in [0.4, 0.5) is 4.39 Å². The van der Waals surface area contributed by atoms with E-state index < -0.39 is 0 Å². The minimum Gasteiger partial charge on any atom is -0.327 e. The van der Waals surface area contributed by atoms with Crippen LogP contribution >= 0.6 is 11.6 Å². The summed E-state index contributed by atoms with van der Waals surface area (Å²) in [5, 5.41) is 0.563. The summed E-state index contributed by atoms with van der Waals surface area (Å²) in [7, 11) is 0. The monoisotopic (exact) mass is 239 g/mol. The van der Waals surface area contributed by atoms with Crippen molar-refractivity contribution in [2.24, 2.45) is 5.73 Å². The lowest BCUT2D eigenvalue weighted by Gasteiger charge is -2.20. The molecule has 0 saturated heterocycles. The summed E-state index contributed by atoms with van der Waals surface area (Å²) >= 11 is 5.84. The van der Waals surface area contributed by atoms with Gasteiger partial charge in [-0.15, -0.1) is 0 Å². The van der Waals surface area contributed by atoms with Crippen LogP contribution in [-0.4, -0.2) is 6.04 Å². The summed E-state index contributed by atoms with van der Waals surface area (Å²) in [6, 6.07) is 4.84. The molecular weight excluding hydrogens is 225 g/mol. The molecule has 0 aliphatic heterocycles. The predicted molar refractivity (Wildman–Crippen MR) is 65.8 cm³/mol. The molecule has 3 heteroatoms. The highest BCUT2D eigenvalue weighted by atomic mass is 35.5. The third-order valence-corrected chi connectivity index (χ3v) is 3.15. The fourth-order valence-electron chi connectivity index (χ4n) is 2.11. The van der Waals surface area contributed by atoms with Gasteiger partial charge in [-0.3, -0.25) is 0 Å². The summed E-state index contributed by atoms with van der Waals surface area (Å²) < 4.78 is 13.5. The second-order valence-electron chi connectivity index (χ2n) is 4.32. The van der Waals surface area contributed by atoms with Gasteiger partial charge in [0.25, 0.3) is 0 Å². The van der Waals surface area contributed by atoms with Crippen molar-refractivity contribution < 1.29 is 4.39 Å². The third-order valence-electron chi connectivity index (χ3n) is 2.91. The highest BCUT2D eigenvalue weighted by Gasteiger charge is 2.13. The zero-order valence-electron chi connectivity index (χ0n) is 9.05. The van der Waals surface area contributed by atoms with Crippen LogP contribution in [0.5, 0.6) is 0 Å². The molecule has 1 aliphatic carbocycles. The minimum absolute atomic E-state index is 0.224. The third kappa shape index (κ3) is 2.83. The van der Waals surface area contributed by atoms with Crippen LogP contribution in [0.1, 0.15) is 31.2 Å². The van der Waals surface area contributed by atoms with Gasteiger partial charge in [-0.05, 0) is 43.9 Å². The van der Waals surface area contributed by atoms with E-state index in [4.69, 9.17) is 17.3 Å². The molecule has 0 amide bonds. The Balaban J connectivity index is 2.24. The molecule has 2 N–H and O–H groups in total. The lowest BCUT2D eigenvalue weighted by molar-refractivity contribution is 0.520. The first-order chi connectivity index (χ1) is 7.65. The molecule has 16 heavy (non-hydrogen) atoms. The molecule has 1 atom stereocenters. The van der Waals surface area contributed by atoms with Crippen molar-refractivity contribution in [1.82, 2.24) is 0 Å². The molecule has 0 heterocycles. The Bertz CT molecular complexity index is 414. The van der Waals surface area contributed by atoms with Crippen molar-refractivity contribution in [3.05, 3.63) is 40.2 Å². The molecule has 0 spiro atoms. The predicted octanol–water partition coefficient (Wildman–Crippen LogP) is 3.76. The van der Waals surface area contributed by atoms with E-state index in [2.05, 4.69) is 0 Å². The smallest absolute Gasteiger partial charge is 0.130 e. The molecule has 86 valence electrons. The molecule has 1 nitrogen and oxygen atoms in total. The molecule has 2 rings (SSSR count). The van der Waals surface area contributed by atoms with Crippen molar-refractivity contribution in [2.45, 2.75) is 31.7 Å². The first kappa shape index (κ1) is 11.6. The van der Waals surface area contributed by atoms with Crippen LogP contribution in [0.3, 0.4) is 0 Å². The van der Waals surface area contributed by atoms with E-state index in [1.807, 2.05) is 6.08 Å². The molecule has 1 aromatic carbocycles. The minimum atomic E-state index is -0.226. The van der Waals surface area contributed by atoms with Crippen molar-refractivity contribution in [1.29, 1.82) is 0 Å². The van der Waals surface area contributed by atoms with Gasteiger partial charge < -0.3 is 5.73 Å². The van der Waals surface area contributed by atoms with Gasteiger partial charge in [0.15, 0.2) is 0 Å². The van der Waals surface area contributed by atoms with Crippen LogP contribution in [0, 0.1) is 5.82 Å². The number of hydrogen-bond acceptors (Lipinski definition) is 1. The number of rotatable bonds is 1. The Morgan fingerprint density at radius 2 is 2.25 bits per heavy atom. The first-order valence-electron chi connectivity index (χ1n) is 5.55. The van der Waals surface area contributed by atoms with E-state index in [0.29, 0.717) is 10.6 Å². The topological polar surface area (TPSA) is 26.0 Å². The molecule has 0 bridgehead atoms. The van der Waals surface area contributed by atoms with Crippen LogP contribution in [0.15, 0.2) is 23.8 Å². The maximum atomic E-state index is 13.5. The van der Waals surface area contributed by atoms with E-state index in [1.54, 1.807) is 12.1 Å². The molecule has 0 radical (unpaired) electrons. The summed E-state index contributed by atoms with van der Waals surface area (Å²) in [4.78, 5) is 0. The van der Waals surface area contributed by atoms with Gasteiger partial charge in [0.05, 0.1) is 0 Å². The fourth-order valence-corrected chi connectivity index (χ4v) is 2.29. The normalized spacial score (nSPS) is 23.7. The lowest BCUT2D eigenvalue weighted by atomic mass is 9.90. The Morgan fingerprint density at radius 3 is 3.00 bits per heavy atom. The van der Waals surface area contributed by atoms with Crippen molar-refractivity contribution >= 4 is 17.7 Å². The molecular formula is C13H15ClFN. The summed E-state index contributed by atoms with van der Waals surface area (Å²) in [5.41, 5.74) is 7.67. The molecule has 1 fully saturated rings. The highest BCUT2D eigenvalue weighted by Crippen LogP contribution is 2.26. The highest BCUT2D eigenvalue weighted by molar-refractivity contribution is 6.30. The summed E-state index contributed by atoms with van der Waals surface area (Å²) in [5.74, 6) is -0.226. The quantitative estimate of drug-likeness (QED) is 0.793. The van der Waals surface area contributed by atoms with Gasteiger partial charge >= 0.3 is 0 Å². The second-order valence-corrected chi connectivity index (χ2v) is 4.76. The Labute approximate surface area is 100 Å². The van der Waals surface area contributed by atoms with Crippen molar-refractivity contribution in [3.8, 4) is 0 Å². The fraction of sp³-hybridized carbons (Fsp3) is 0.385. The van der Waals surface area contributed by atoms with Crippen molar-refractivity contribution in [3.63, 3.8) is 0 Å². The SMILES string of the molecule is NC1CCC/C(=C/c2cc(Cl)ccc2F)C1. The zero-order chi connectivity index (χ0) is 11.5. The van der Waals surface area contributed by atoms with Crippen LogP contribution in [-0.2, 0) is 0 Å². The second kappa shape index (κ2) is 4.98. The molecule has 1 aromatic rings. The average molecular weight is 240 g/mol. The van der Waals surface area contributed by atoms with Crippen molar-refractivity contribution in [2.75, 3.05) is 0 Å². The molecule has 1 aliphatic rings. The molecule has 1 saturated carbocycles. The lowest BCUT2D eigenvalue weighted by Crippen LogP contribution is -2.23. The summed E-state index contributed by atoms with van der Waals surface area (Å²) in [6.07, 6.45) is 5.93. The Hall–Kier alpha value is -0.860. The zero-order valence-corrected chi connectivity index (χ0v) is 9.80.